The van der Waals surface area contributed by atoms with Crippen molar-refractivity contribution in [2.75, 3.05) is 23.7 Å². The van der Waals surface area contributed by atoms with Gasteiger partial charge in [0.1, 0.15) is 0 Å². The van der Waals surface area contributed by atoms with Crippen molar-refractivity contribution < 1.29 is 13.2 Å². The van der Waals surface area contributed by atoms with Gasteiger partial charge in [0.25, 0.3) is 0 Å². The average Bonchev–Trinajstić information content (AvgIpc) is 2.33. The first-order valence-electron chi connectivity index (χ1n) is 6.34. The largest absolute Gasteiger partial charge is 0.354 e. The van der Waals surface area contributed by atoms with Gasteiger partial charge < -0.3 is 5.32 Å². The molecule has 0 heterocycles. The highest BCUT2D eigenvalue weighted by Gasteiger charge is 2.17. The van der Waals surface area contributed by atoms with Crippen LogP contribution in [0.4, 0.5) is 5.69 Å². The van der Waals surface area contributed by atoms with Crippen molar-refractivity contribution in [3.05, 3.63) is 28.7 Å². The quantitative estimate of drug-likeness (QED) is 0.807. The zero-order valence-electron chi connectivity index (χ0n) is 11.6. The number of benzene rings is 1. The summed E-state index contributed by atoms with van der Waals surface area (Å²) in [5, 5.41) is 2.71. The molecule has 7 heteroatoms. The van der Waals surface area contributed by atoms with E-state index in [1.165, 1.54) is 4.31 Å². The summed E-state index contributed by atoms with van der Waals surface area (Å²) in [6.07, 6.45) is 2.38. The molecule has 1 rings (SSSR count). The van der Waals surface area contributed by atoms with Crippen LogP contribution in [0.25, 0.3) is 0 Å². The minimum Gasteiger partial charge on any atom is -0.354 e. The molecular formula is C13H19BrN2O3S. The van der Waals surface area contributed by atoms with Crippen molar-refractivity contribution in [2.45, 2.75) is 19.8 Å². The number of amides is 1. The number of carbonyl (C=O) groups excluding carboxylic acids is 1. The molecule has 0 saturated heterocycles. The van der Waals surface area contributed by atoms with Crippen LogP contribution in [0, 0.1) is 0 Å². The maximum atomic E-state index is 11.8. The fourth-order valence-electron chi connectivity index (χ4n) is 1.73. The summed E-state index contributed by atoms with van der Waals surface area (Å²) in [5.41, 5.74) is 0.576. The van der Waals surface area contributed by atoms with Crippen molar-refractivity contribution in [3.8, 4) is 0 Å². The van der Waals surface area contributed by atoms with Gasteiger partial charge in [0.05, 0.1) is 18.5 Å². The van der Waals surface area contributed by atoms with Gasteiger partial charge in [-0.25, -0.2) is 8.42 Å². The Labute approximate surface area is 128 Å². The normalized spacial score (nSPS) is 11.2. The summed E-state index contributed by atoms with van der Waals surface area (Å²) in [6, 6.07) is 7.05. The zero-order chi connectivity index (χ0) is 15.2. The van der Waals surface area contributed by atoms with E-state index in [2.05, 4.69) is 21.2 Å². The van der Waals surface area contributed by atoms with E-state index < -0.39 is 10.0 Å². The summed E-state index contributed by atoms with van der Waals surface area (Å²) in [5.74, 6) is -0.0600. The van der Waals surface area contributed by atoms with Crippen molar-refractivity contribution in [3.63, 3.8) is 0 Å². The third-order valence-electron chi connectivity index (χ3n) is 2.61. The Balaban J connectivity index is 2.75. The molecule has 0 fully saturated rings. The van der Waals surface area contributed by atoms with E-state index >= 15 is 0 Å². The lowest BCUT2D eigenvalue weighted by Gasteiger charge is -2.22. The van der Waals surface area contributed by atoms with Crippen LogP contribution >= 0.6 is 15.9 Å². The second-order valence-corrected chi connectivity index (χ2v) is 7.24. The minimum atomic E-state index is -3.38. The number of hydrogen-bond acceptors (Lipinski definition) is 3. The average molecular weight is 363 g/mol. The van der Waals surface area contributed by atoms with Crippen LogP contribution in [0.15, 0.2) is 28.7 Å². The van der Waals surface area contributed by atoms with E-state index in [-0.39, 0.29) is 12.5 Å². The zero-order valence-corrected chi connectivity index (χ0v) is 14.0. The van der Waals surface area contributed by atoms with Gasteiger partial charge in [0.2, 0.25) is 15.9 Å². The van der Waals surface area contributed by atoms with Gasteiger partial charge >= 0.3 is 0 Å². The molecule has 0 aliphatic heterocycles. The van der Waals surface area contributed by atoms with Crippen molar-refractivity contribution in [1.82, 2.24) is 5.32 Å². The number of nitrogens with zero attached hydrogens (tertiary/aromatic N) is 1. The molecule has 1 N–H and O–H groups in total. The number of carbonyl (C=O) groups is 1. The molecule has 0 aliphatic carbocycles. The summed E-state index contributed by atoms with van der Waals surface area (Å²) in [6.45, 7) is 2.42. The van der Waals surface area contributed by atoms with Gasteiger partial charge in [0, 0.05) is 17.4 Å². The smallest absolute Gasteiger partial charge is 0.232 e. The molecule has 0 atom stereocenters. The third kappa shape index (κ3) is 5.50. The molecule has 5 nitrogen and oxygen atoms in total. The van der Waals surface area contributed by atoms with Crippen LogP contribution in [-0.2, 0) is 14.8 Å². The predicted molar refractivity (Wildman–Crippen MR) is 84.2 cm³/mol. The monoisotopic (exact) mass is 362 g/mol. The Hall–Kier alpha value is -1.08. The van der Waals surface area contributed by atoms with E-state index in [1.54, 1.807) is 18.2 Å². The number of sulfonamides is 1. The van der Waals surface area contributed by atoms with Crippen molar-refractivity contribution in [2.24, 2.45) is 0 Å². The van der Waals surface area contributed by atoms with Gasteiger partial charge in [-0.2, -0.15) is 0 Å². The molecule has 0 saturated carbocycles. The van der Waals surface area contributed by atoms with E-state index in [4.69, 9.17) is 0 Å². The van der Waals surface area contributed by atoms with E-state index in [0.29, 0.717) is 18.7 Å². The van der Waals surface area contributed by atoms with Gasteiger partial charge in [0.15, 0.2) is 0 Å². The summed E-state index contributed by atoms with van der Waals surface area (Å²) < 4.78 is 25.8. The Kier molecular flexibility index (Phi) is 6.48. The Bertz CT molecular complexity index is 560. The number of halogens is 1. The first-order valence-corrected chi connectivity index (χ1v) is 8.98. The van der Waals surface area contributed by atoms with Gasteiger partial charge in [-0.3, -0.25) is 9.10 Å². The van der Waals surface area contributed by atoms with E-state index in [1.807, 2.05) is 13.0 Å². The molecule has 112 valence electrons. The molecule has 1 aromatic carbocycles. The summed E-state index contributed by atoms with van der Waals surface area (Å²) in [7, 11) is -3.38. The van der Waals surface area contributed by atoms with Crippen LogP contribution in [-0.4, -0.2) is 33.7 Å². The maximum absolute atomic E-state index is 11.8. The maximum Gasteiger partial charge on any atom is 0.232 e. The molecule has 0 radical (unpaired) electrons. The van der Waals surface area contributed by atoms with Crippen molar-refractivity contribution in [1.29, 1.82) is 0 Å². The number of anilines is 1. The summed E-state index contributed by atoms with van der Waals surface area (Å²) >= 11 is 3.32. The summed E-state index contributed by atoms with van der Waals surface area (Å²) in [4.78, 5) is 11.4. The SMILES string of the molecule is CCCC(=O)NCCN(c1cccc(Br)c1)S(C)(=O)=O. The molecule has 1 aromatic rings. The lowest BCUT2D eigenvalue weighted by atomic mass is 10.3. The third-order valence-corrected chi connectivity index (χ3v) is 4.30. The highest BCUT2D eigenvalue weighted by Crippen LogP contribution is 2.21. The Morgan fingerprint density at radius 2 is 2.10 bits per heavy atom. The second-order valence-electron chi connectivity index (χ2n) is 4.41. The molecule has 0 aromatic heterocycles. The highest BCUT2D eigenvalue weighted by molar-refractivity contribution is 9.10. The van der Waals surface area contributed by atoms with Crippen LogP contribution in [0.2, 0.25) is 0 Å². The lowest BCUT2D eigenvalue weighted by molar-refractivity contribution is -0.121. The van der Waals surface area contributed by atoms with E-state index in [9.17, 15) is 13.2 Å². The first-order chi connectivity index (χ1) is 9.34. The predicted octanol–water partition coefficient (Wildman–Crippen LogP) is 2.13. The molecule has 20 heavy (non-hydrogen) atoms. The van der Waals surface area contributed by atoms with Gasteiger partial charge in [-0.15, -0.1) is 0 Å². The van der Waals surface area contributed by atoms with Crippen LogP contribution in [0.3, 0.4) is 0 Å². The first kappa shape index (κ1) is 17.0. The Morgan fingerprint density at radius 1 is 1.40 bits per heavy atom. The fourth-order valence-corrected chi connectivity index (χ4v) is 3.04. The second kappa shape index (κ2) is 7.64. The van der Waals surface area contributed by atoms with Crippen LogP contribution in [0.1, 0.15) is 19.8 Å². The van der Waals surface area contributed by atoms with E-state index in [0.717, 1.165) is 17.1 Å². The molecule has 0 unspecified atom stereocenters. The lowest BCUT2D eigenvalue weighted by Crippen LogP contribution is -2.38. The number of rotatable bonds is 7. The molecule has 0 spiro atoms. The number of hydrogen-bond donors (Lipinski definition) is 1. The molecule has 0 aliphatic rings. The van der Waals surface area contributed by atoms with Crippen LogP contribution < -0.4 is 9.62 Å². The minimum absolute atomic E-state index is 0.0600. The standard InChI is InChI=1S/C13H19BrN2O3S/c1-3-5-13(17)15-8-9-16(20(2,18)19)12-7-4-6-11(14)10-12/h4,6-7,10H,3,5,8-9H2,1-2H3,(H,15,17). The molecule has 0 bridgehead atoms. The topological polar surface area (TPSA) is 66.5 Å². The van der Waals surface area contributed by atoms with Gasteiger partial charge in [-0.05, 0) is 24.6 Å². The fraction of sp³-hybridized carbons (Fsp3) is 0.462. The van der Waals surface area contributed by atoms with Crippen LogP contribution in [0.5, 0.6) is 0 Å². The number of nitrogens with one attached hydrogen (secondary N) is 1. The molecular weight excluding hydrogens is 344 g/mol. The Morgan fingerprint density at radius 3 is 2.65 bits per heavy atom. The highest BCUT2D eigenvalue weighted by atomic mass is 79.9. The van der Waals surface area contributed by atoms with Crippen molar-refractivity contribution >= 4 is 37.5 Å². The van der Waals surface area contributed by atoms with Gasteiger partial charge in [-0.1, -0.05) is 28.9 Å². The molecule has 1 amide bonds.